The van der Waals surface area contributed by atoms with Gasteiger partial charge in [0, 0.05) is 18.5 Å². The molecule has 2 fully saturated rings. The number of para-hydroxylation sites is 1. The first-order chi connectivity index (χ1) is 9.67. The molecule has 1 heterocycles. The number of rotatable bonds is 2. The first kappa shape index (κ1) is 13.9. The Kier molecular flexibility index (Phi) is 3.97. The fourth-order valence-electron chi connectivity index (χ4n) is 3.84. The number of benzene rings is 1. The summed E-state index contributed by atoms with van der Waals surface area (Å²) in [6.07, 6.45) is 3.16. The minimum absolute atomic E-state index is 0.538. The van der Waals surface area contributed by atoms with E-state index in [0.29, 0.717) is 6.04 Å². The molecule has 0 amide bonds. The molecule has 1 saturated heterocycles. The highest BCUT2D eigenvalue weighted by atomic mass is 18.2. The van der Waals surface area contributed by atoms with E-state index in [1.54, 1.807) is 0 Å². The molecule has 0 radical (unpaired) electrons. The summed E-state index contributed by atoms with van der Waals surface area (Å²) in [6, 6.07) is 11.4. The molecule has 3 rings (SSSR count). The van der Waals surface area contributed by atoms with Gasteiger partial charge >= 0.3 is 0 Å². The summed E-state index contributed by atoms with van der Waals surface area (Å²) < 4.78 is 14.5. The predicted molar refractivity (Wildman–Crippen MR) is 81.7 cm³/mol. The molecular formula is C17H26FN2+. The Labute approximate surface area is 121 Å². The molecule has 1 aliphatic carbocycles. The lowest BCUT2D eigenvalue weighted by atomic mass is 9.90. The van der Waals surface area contributed by atoms with Gasteiger partial charge in [0.1, 0.15) is 6.17 Å². The van der Waals surface area contributed by atoms with E-state index < -0.39 is 6.17 Å². The Hall–Kier alpha value is -1.09. The van der Waals surface area contributed by atoms with E-state index >= 15 is 0 Å². The minimum atomic E-state index is -0.538. The molecule has 1 saturated carbocycles. The van der Waals surface area contributed by atoms with Crippen LogP contribution in [0, 0.1) is 0 Å². The smallest absolute Gasteiger partial charge is 0.101 e. The third-order valence-electron chi connectivity index (χ3n) is 5.39. The molecule has 1 aliphatic heterocycles. The first-order valence-corrected chi connectivity index (χ1v) is 7.96. The van der Waals surface area contributed by atoms with Crippen LogP contribution in [0.5, 0.6) is 0 Å². The lowest BCUT2D eigenvalue weighted by Gasteiger charge is -2.49. The van der Waals surface area contributed by atoms with Crippen LogP contribution in [0.4, 0.5) is 10.1 Å². The van der Waals surface area contributed by atoms with Gasteiger partial charge in [0.25, 0.3) is 0 Å². The average Bonchev–Trinajstić information content (AvgIpc) is 2.49. The van der Waals surface area contributed by atoms with Crippen LogP contribution >= 0.6 is 0 Å². The van der Waals surface area contributed by atoms with Crippen molar-refractivity contribution in [3.05, 3.63) is 30.3 Å². The third-order valence-corrected chi connectivity index (χ3v) is 5.39. The van der Waals surface area contributed by atoms with Crippen molar-refractivity contribution in [1.29, 1.82) is 0 Å². The third kappa shape index (κ3) is 2.83. The van der Waals surface area contributed by atoms with E-state index in [2.05, 4.69) is 42.3 Å². The number of alkyl halides is 1. The summed E-state index contributed by atoms with van der Waals surface area (Å²) >= 11 is 0. The Balaban J connectivity index is 1.60. The van der Waals surface area contributed by atoms with Crippen molar-refractivity contribution in [2.45, 2.75) is 37.9 Å². The van der Waals surface area contributed by atoms with Crippen LogP contribution in [0.3, 0.4) is 0 Å². The summed E-state index contributed by atoms with van der Waals surface area (Å²) in [5.41, 5.74) is 1.34. The zero-order valence-corrected chi connectivity index (χ0v) is 12.5. The normalized spacial score (nSPS) is 30.2. The molecule has 1 aromatic rings. The van der Waals surface area contributed by atoms with Crippen LogP contribution < -0.4 is 4.90 Å². The summed E-state index contributed by atoms with van der Waals surface area (Å²) in [5, 5.41) is 0. The van der Waals surface area contributed by atoms with Crippen molar-refractivity contribution in [2.75, 3.05) is 38.1 Å². The lowest BCUT2D eigenvalue weighted by Crippen LogP contribution is -2.62. The highest BCUT2D eigenvalue weighted by Gasteiger charge is 2.38. The topological polar surface area (TPSA) is 3.24 Å². The SMILES string of the molecule is C[N+]1(C2CCC([18F])CC2)CCN(c2ccccc2)CC1. The van der Waals surface area contributed by atoms with Gasteiger partial charge in [-0.05, 0) is 25.0 Å². The molecule has 20 heavy (non-hydrogen) atoms. The molecule has 3 heteroatoms. The zero-order chi connectivity index (χ0) is 14.0. The molecule has 0 unspecified atom stereocenters. The fourth-order valence-corrected chi connectivity index (χ4v) is 3.84. The summed E-state index contributed by atoms with van der Waals surface area (Å²) in [5.74, 6) is 0. The van der Waals surface area contributed by atoms with Crippen LogP contribution in [-0.4, -0.2) is 49.9 Å². The molecule has 0 spiro atoms. The molecular weight excluding hydrogens is 250 g/mol. The quantitative estimate of drug-likeness (QED) is 0.750. The van der Waals surface area contributed by atoms with Crippen molar-refractivity contribution >= 4 is 5.69 Å². The molecule has 0 bridgehead atoms. The number of quaternary nitrogens is 1. The summed E-state index contributed by atoms with van der Waals surface area (Å²) in [6.45, 7) is 4.62. The summed E-state index contributed by atoms with van der Waals surface area (Å²) in [7, 11) is 2.38. The van der Waals surface area contributed by atoms with Gasteiger partial charge in [0.05, 0.1) is 39.3 Å². The second-order valence-corrected chi connectivity index (χ2v) is 6.66. The highest BCUT2D eigenvalue weighted by Crippen LogP contribution is 2.30. The second kappa shape index (κ2) is 5.72. The van der Waals surface area contributed by atoms with E-state index in [0.717, 1.165) is 43.3 Å². The van der Waals surface area contributed by atoms with Crippen LogP contribution in [0.1, 0.15) is 25.7 Å². The lowest BCUT2D eigenvalue weighted by molar-refractivity contribution is -0.935. The van der Waals surface area contributed by atoms with Gasteiger partial charge in [0.2, 0.25) is 0 Å². The molecule has 0 atom stereocenters. The first-order valence-electron chi connectivity index (χ1n) is 7.96. The number of halogens is 1. The maximum absolute atomic E-state index is 13.3. The number of nitrogens with zero attached hydrogens (tertiary/aromatic N) is 2. The monoisotopic (exact) mass is 276 g/mol. The summed E-state index contributed by atoms with van der Waals surface area (Å²) in [4.78, 5) is 2.49. The minimum Gasteiger partial charge on any atom is -0.360 e. The van der Waals surface area contributed by atoms with E-state index in [4.69, 9.17) is 0 Å². The van der Waals surface area contributed by atoms with Crippen LogP contribution in [0.2, 0.25) is 0 Å². The Morgan fingerprint density at radius 2 is 1.60 bits per heavy atom. The number of piperazine rings is 1. The van der Waals surface area contributed by atoms with Gasteiger partial charge in [-0.15, -0.1) is 0 Å². The molecule has 1 aromatic carbocycles. The zero-order valence-electron chi connectivity index (χ0n) is 12.5. The molecule has 0 N–H and O–H groups in total. The highest BCUT2D eigenvalue weighted by molar-refractivity contribution is 5.46. The largest absolute Gasteiger partial charge is 0.360 e. The Morgan fingerprint density at radius 3 is 2.20 bits per heavy atom. The van der Waals surface area contributed by atoms with E-state index in [9.17, 15) is 4.39 Å². The Morgan fingerprint density at radius 1 is 1.00 bits per heavy atom. The Bertz CT molecular complexity index is 418. The number of hydrogen-bond donors (Lipinski definition) is 0. The second-order valence-electron chi connectivity index (χ2n) is 6.66. The van der Waals surface area contributed by atoms with Gasteiger partial charge in [0.15, 0.2) is 0 Å². The van der Waals surface area contributed by atoms with E-state index in [-0.39, 0.29) is 0 Å². The van der Waals surface area contributed by atoms with Crippen molar-refractivity contribution in [3.8, 4) is 0 Å². The van der Waals surface area contributed by atoms with Gasteiger partial charge in [-0.25, -0.2) is 4.39 Å². The maximum Gasteiger partial charge on any atom is 0.101 e. The average molecular weight is 276 g/mol. The fraction of sp³-hybridized carbons (Fsp3) is 0.647. The van der Waals surface area contributed by atoms with E-state index in [1.807, 2.05) is 0 Å². The van der Waals surface area contributed by atoms with Gasteiger partial charge in [-0.2, -0.15) is 0 Å². The van der Waals surface area contributed by atoms with Gasteiger partial charge in [-0.3, -0.25) is 0 Å². The molecule has 0 aromatic heterocycles. The van der Waals surface area contributed by atoms with Crippen LogP contribution in [0.25, 0.3) is 0 Å². The van der Waals surface area contributed by atoms with Gasteiger partial charge < -0.3 is 9.38 Å². The van der Waals surface area contributed by atoms with Crippen LogP contribution in [0.15, 0.2) is 30.3 Å². The predicted octanol–water partition coefficient (Wildman–Crippen LogP) is 3.23. The standard InChI is InChI=1S/C17H26FN2/c1-20(17-9-7-15(18)8-10-17)13-11-19(12-14-20)16-5-3-2-4-6-16/h2-6,15,17H,7-14H2,1H3/q+1/i18-1. The number of likely N-dealkylation sites (N-methyl/N-ethyl adjacent to an activating group) is 1. The van der Waals surface area contributed by atoms with Crippen LogP contribution in [-0.2, 0) is 0 Å². The van der Waals surface area contributed by atoms with Crippen molar-refractivity contribution in [3.63, 3.8) is 0 Å². The van der Waals surface area contributed by atoms with Crippen molar-refractivity contribution in [1.82, 2.24) is 0 Å². The molecule has 2 aliphatic rings. The van der Waals surface area contributed by atoms with Crippen molar-refractivity contribution < 1.29 is 8.87 Å². The molecule has 2 nitrogen and oxygen atoms in total. The van der Waals surface area contributed by atoms with E-state index in [1.165, 1.54) is 18.8 Å². The number of anilines is 1. The van der Waals surface area contributed by atoms with Gasteiger partial charge in [-0.1, -0.05) is 18.2 Å². The molecule has 110 valence electrons. The van der Waals surface area contributed by atoms with Crippen molar-refractivity contribution in [2.24, 2.45) is 0 Å². The maximum atomic E-state index is 13.3. The number of hydrogen-bond acceptors (Lipinski definition) is 1.